The van der Waals surface area contributed by atoms with Gasteiger partial charge in [-0.25, -0.2) is 0 Å². The van der Waals surface area contributed by atoms with Gasteiger partial charge in [0.25, 0.3) is 0 Å². The first-order valence-electron chi connectivity index (χ1n) is 7.17. The average Bonchev–Trinajstić information content (AvgIpc) is 2.35. The number of benzene rings is 1. The zero-order valence-electron chi connectivity index (χ0n) is 11.9. The molecular weight excluding hydrogens is 258 g/mol. The van der Waals surface area contributed by atoms with Crippen molar-refractivity contribution in [3.05, 3.63) is 23.2 Å². The van der Waals surface area contributed by atoms with Gasteiger partial charge in [0.05, 0.1) is 16.8 Å². The highest BCUT2D eigenvalue weighted by Crippen LogP contribution is 2.45. The summed E-state index contributed by atoms with van der Waals surface area (Å²) in [4.78, 5) is 0. The second kappa shape index (κ2) is 4.59. The minimum atomic E-state index is 0.269. The van der Waals surface area contributed by atoms with E-state index in [1.165, 1.54) is 12.8 Å². The molecule has 0 amide bonds. The lowest BCUT2D eigenvalue weighted by molar-refractivity contribution is 0.0700. The number of hydrogen-bond donors (Lipinski definition) is 1. The molecule has 104 valence electrons. The lowest BCUT2D eigenvalue weighted by Gasteiger charge is -2.44. The van der Waals surface area contributed by atoms with E-state index in [0.717, 1.165) is 23.8 Å². The molecule has 1 aliphatic carbocycles. The van der Waals surface area contributed by atoms with Crippen LogP contribution in [0.3, 0.4) is 0 Å². The molecule has 1 aromatic carbocycles. The minimum Gasteiger partial charge on any atom is -0.485 e. The summed E-state index contributed by atoms with van der Waals surface area (Å²) < 4.78 is 6.13. The van der Waals surface area contributed by atoms with Gasteiger partial charge in [0, 0.05) is 0 Å². The zero-order valence-corrected chi connectivity index (χ0v) is 12.6. The van der Waals surface area contributed by atoms with Crippen LogP contribution in [0.5, 0.6) is 5.75 Å². The predicted octanol–water partition coefficient (Wildman–Crippen LogP) is 4.73. The number of halogens is 1. The van der Waals surface area contributed by atoms with Crippen LogP contribution in [-0.2, 0) is 0 Å². The smallest absolute Gasteiger partial charge is 0.161 e. The van der Waals surface area contributed by atoms with Gasteiger partial charge < -0.3 is 10.1 Å². The van der Waals surface area contributed by atoms with Gasteiger partial charge in [-0.15, -0.1) is 0 Å². The third-order valence-corrected chi connectivity index (χ3v) is 4.89. The summed E-state index contributed by atoms with van der Waals surface area (Å²) in [5, 5.41) is 4.34. The SMILES string of the molecule is CC(C)(C)C1CCC2Oc3c(Cl)cccc3NC2C1. The zero-order chi connectivity index (χ0) is 13.6. The van der Waals surface area contributed by atoms with Crippen LogP contribution in [0.4, 0.5) is 5.69 Å². The van der Waals surface area contributed by atoms with E-state index in [1.54, 1.807) is 0 Å². The first kappa shape index (κ1) is 13.1. The van der Waals surface area contributed by atoms with Gasteiger partial charge >= 0.3 is 0 Å². The van der Waals surface area contributed by atoms with Crippen LogP contribution in [-0.4, -0.2) is 12.1 Å². The third-order valence-electron chi connectivity index (χ3n) is 4.59. The number of para-hydroxylation sites is 1. The summed E-state index contributed by atoms with van der Waals surface area (Å²) in [6.07, 6.45) is 3.81. The summed E-state index contributed by atoms with van der Waals surface area (Å²) in [6, 6.07) is 6.34. The fourth-order valence-corrected chi connectivity index (χ4v) is 3.53. The average molecular weight is 280 g/mol. The molecule has 2 aliphatic rings. The largest absolute Gasteiger partial charge is 0.485 e. The van der Waals surface area contributed by atoms with Crippen LogP contribution < -0.4 is 10.1 Å². The molecule has 1 saturated carbocycles. The molecule has 1 aromatic rings. The predicted molar refractivity (Wildman–Crippen MR) is 80.1 cm³/mol. The monoisotopic (exact) mass is 279 g/mol. The summed E-state index contributed by atoms with van der Waals surface area (Å²) in [5.74, 6) is 1.59. The normalized spacial score (nSPS) is 29.8. The molecule has 3 atom stereocenters. The number of anilines is 1. The molecule has 3 unspecified atom stereocenters. The molecule has 3 rings (SSSR count). The van der Waals surface area contributed by atoms with Crippen molar-refractivity contribution in [1.29, 1.82) is 0 Å². The summed E-state index contributed by atoms with van der Waals surface area (Å²) in [7, 11) is 0. The highest BCUT2D eigenvalue weighted by atomic mass is 35.5. The van der Waals surface area contributed by atoms with E-state index < -0.39 is 0 Å². The van der Waals surface area contributed by atoms with Crippen molar-refractivity contribution in [1.82, 2.24) is 0 Å². The van der Waals surface area contributed by atoms with Crippen LogP contribution >= 0.6 is 11.6 Å². The quantitative estimate of drug-likeness (QED) is 0.741. The Bertz CT molecular complexity index is 480. The van der Waals surface area contributed by atoms with E-state index >= 15 is 0 Å². The second-order valence-corrected chi connectivity index (χ2v) is 7.31. The van der Waals surface area contributed by atoms with E-state index in [-0.39, 0.29) is 6.10 Å². The van der Waals surface area contributed by atoms with E-state index in [1.807, 2.05) is 12.1 Å². The Labute approximate surface area is 120 Å². The Morgan fingerprint density at radius 3 is 2.79 bits per heavy atom. The molecular formula is C16H22ClNO. The topological polar surface area (TPSA) is 21.3 Å². The molecule has 0 bridgehead atoms. The van der Waals surface area contributed by atoms with Crippen LogP contribution in [0.2, 0.25) is 5.02 Å². The van der Waals surface area contributed by atoms with Gasteiger partial charge in [-0.1, -0.05) is 38.4 Å². The van der Waals surface area contributed by atoms with Crippen LogP contribution in [0.1, 0.15) is 40.0 Å². The summed E-state index contributed by atoms with van der Waals surface area (Å²) in [6.45, 7) is 7.02. The van der Waals surface area contributed by atoms with Crippen molar-refractivity contribution >= 4 is 17.3 Å². The molecule has 2 nitrogen and oxygen atoms in total. The van der Waals surface area contributed by atoms with E-state index in [4.69, 9.17) is 16.3 Å². The van der Waals surface area contributed by atoms with Crippen molar-refractivity contribution < 1.29 is 4.74 Å². The summed E-state index contributed by atoms with van der Waals surface area (Å²) >= 11 is 6.21. The van der Waals surface area contributed by atoms with Crippen LogP contribution in [0.15, 0.2) is 18.2 Å². The Kier molecular flexibility index (Phi) is 3.17. The fraction of sp³-hybridized carbons (Fsp3) is 0.625. The van der Waals surface area contributed by atoms with Crippen LogP contribution in [0, 0.1) is 11.3 Å². The Morgan fingerprint density at radius 1 is 1.26 bits per heavy atom. The Hall–Kier alpha value is -0.890. The highest BCUT2D eigenvalue weighted by Gasteiger charge is 2.39. The molecule has 1 aliphatic heterocycles. The van der Waals surface area contributed by atoms with Crippen LogP contribution in [0.25, 0.3) is 0 Å². The van der Waals surface area contributed by atoms with Crippen molar-refractivity contribution in [2.24, 2.45) is 11.3 Å². The van der Waals surface area contributed by atoms with Gasteiger partial charge in [0.2, 0.25) is 0 Å². The number of fused-ring (bicyclic) bond motifs is 2. The minimum absolute atomic E-state index is 0.269. The number of rotatable bonds is 0. The molecule has 1 N–H and O–H groups in total. The molecule has 19 heavy (non-hydrogen) atoms. The van der Waals surface area contributed by atoms with Gasteiger partial charge in [0.15, 0.2) is 5.75 Å². The molecule has 1 fully saturated rings. The molecule has 0 saturated heterocycles. The third kappa shape index (κ3) is 2.43. The van der Waals surface area contributed by atoms with Gasteiger partial charge in [0.1, 0.15) is 6.10 Å². The molecule has 0 spiro atoms. The van der Waals surface area contributed by atoms with E-state index in [2.05, 4.69) is 32.2 Å². The Morgan fingerprint density at radius 2 is 2.05 bits per heavy atom. The van der Waals surface area contributed by atoms with Gasteiger partial charge in [-0.2, -0.15) is 0 Å². The molecule has 0 aromatic heterocycles. The fourth-order valence-electron chi connectivity index (χ4n) is 3.32. The van der Waals surface area contributed by atoms with Gasteiger partial charge in [-0.05, 0) is 42.7 Å². The number of ether oxygens (including phenoxy) is 1. The van der Waals surface area contributed by atoms with Crippen molar-refractivity contribution in [3.8, 4) is 5.75 Å². The van der Waals surface area contributed by atoms with E-state index in [9.17, 15) is 0 Å². The highest BCUT2D eigenvalue weighted by molar-refractivity contribution is 6.32. The van der Waals surface area contributed by atoms with Crippen molar-refractivity contribution in [3.63, 3.8) is 0 Å². The molecule has 0 radical (unpaired) electrons. The molecule has 1 heterocycles. The van der Waals surface area contributed by atoms with E-state index in [0.29, 0.717) is 16.5 Å². The number of nitrogens with one attached hydrogen (secondary N) is 1. The number of hydrogen-bond acceptors (Lipinski definition) is 2. The van der Waals surface area contributed by atoms with Crippen molar-refractivity contribution in [2.45, 2.75) is 52.2 Å². The first-order valence-corrected chi connectivity index (χ1v) is 7.54. The Balaban J connectivity index is 1.82. The first-order chi connectivity index (χ1) is 8.95. The summed E-state index contributed by atoms with van der Waals surface area (Å²) in [5.41, 5.74) is 1.42. The maximum absolute atomic E-state index is 6.21. The molecule has 3 heteroatoms. The van der Waals surface area contributed by atoms with Gasteiger partial charge in [-0.3, -0.25) is 0 Å². The lowest BCUT2D eigenvalue weighted by atomic mass is 9.70. The lowest BCUT2D eigenvalue weighted by Crippen LogP contribution is -2.47. The van der Waals surface area contributed by atoms with Crippen molar-refractivity contribution in [2.75, 3.05) is 5.32 Å². The second-order valence-electron chi connectivity index (χ2n) is 6.90. The standard InChI is InChI=1S/C16H22ClNO/c1-16(2,3)10-7-8-14-13(9-10)18-12-6-4-5-11(17)15(12)19-14/h4-6,10,13-14,18H,7-9H2,1-3H3. The maximum atomic E-state index is 6.21. The maximum Gasteiger partial charge on any atom is 0.161 e.